The number of fused-ring (bicyclic) bond motifs is 2. The molecule has 3 saturated heterocycles. The number of rotatable bonds is 12. The second kappa shape index (κ2) is 17.2. The molecule has 0 radical (unpaired) electrons. The average Bonchev–Trinajstić information content (AvgIpc) is 3.54. The molecule has 3 aromatic carbocycles. The maximum atomic E-state index is 16.6. The number of ether oxygens (including phenoxy) is 2. The molecular formula is C41H41ClF4N8O6. The van der Waals surface area contributed by atoms with Gasteiger partial charge in [-0.3, -0.25) is 34.3 Å². The smallest absolute Gasteiger partial charge is 0.265 e. The molecule has 0 saturated carbocycles. The molecule has 0 aliphatic carbocycles. The van der Waals surface area contributed by atoms with E-state index in [2.05, 4.69) is 20.2 Å². The Morgan fingerprint density at radius 1 is 0.900 bits per heavy atom. The SMILES string of the molecule is [2H]C1([2H])N(CC2CCN(CCCOc3cc4c(Nc5ccc(F)c(Cl)c5)ncnc4cc3OC)CC2)C([2H])([2H])C([2H])([2H])N(c2c(F)c(F)c3c(c2F)C(=O)N(C2CCC(=O)NC2=O)C3=O)C1([2H])[2H]. The third kappa shape index (κ3) is 8.02. The topological polar surface area (TPSA) is 150 Å². The summed E-state index contributed by atoms with van der Waals surface area (Å²) in [5.41, 5.74) is -3.98. The van der Waals surface area contributed by atoms with E-state index in [4.69, 9.17) is 32.0 Å². The van der Waals surface area contributed by atoms with Crippen LogP contribution in [0.3, 0.4) is 0 Å². The van der Waals surface area contributed by atoms with Crippen LogP contribution in [0, 0.1) is 29.2 Å². The van der Waals surface area contributed by atoms with E-state index in [1.54, 1.807) is 12.1 Å². The Kier molecular flexibility index (Phi) is 9.22. The van der Waals surface area contributed by atoms with Crippen LogP contribution in [0.25, 0.3) is 10.9 Å². The van der Waals surface area contributed by atoms with Crippen LogP contribution in [0.2, 0.25) is 5.02 Å². The number of methoxy groups -OCH3 is 1. The highest BCUT2D eigenvalue weighted by atomic mass is 35.5. The molecule has 1 aromatic heterocycles. The molecule has 3 fully saturated rings. The number of carbonyl (C=O) groups excluding carboxylic acids is 4. The lowest BCUT2D eigenvalue weighted by molar-refractivity contribution is -0.136. The summed E-state index contributed by atoms with van der Waals surface area (Å²) >= 11 is 5.95. The van der Waals surface area contributed by atoms with E-state index in [-0.39, 0.29) is 23.0 Å². The molecule has 1 unspecified atom stereocenters. The van der Waals surface area contributed by atoms with Gasteiger partial charge in [0, 0.05) is 68.1 Å². The molecule has 316 valence electrons. The molecule has 5 heterocycles. The minimum Gasteiger partial charge on any atom is -0.493 e. The van der Waals surface area contributed by atoms with Crippen molar-refractivity contribution in [1.29, 1.82) is 0 Å². The van der Waals surface area contributed by atoms with Gasteiger partial charge in [-0.1, -0.05) is 11.6 Å². The van der Waals surface area contributed by atoms with E-state index < -0.39 is 120 Å². The van der Waals surface area contributed by atoms with Gasteiger partial charge in [-0.15, -0.1) is 0 Å². The van der Waals surface area contributed by atoms with Crippen LogP contribution in [0.15, 0.2) is 36.7 Å². The summed E-state index contributed by atoms with van der Waals surface area (Å²) < 4.78 is 145. The van der Waals surface area contributed by atoms with Gasteiger partial charge in [0.25, 0.3) is 11.8 Å². The Bertz CT molecular complexity index is 2730. The summed E-state index contributed by atoms with van der Waals surface area (Å²) in [5, 5.41) is 5.49. The summed E-state index contributed by atoms with van der Waals surface area (Å²) in [6.45, 7) is -13.9. The third-order valence-electron chi connectivity index (χ3n) is 10.6. The van der Waals surface area contributed by atoms with Crippen LogP contribution in [-0.4, -0.2) is 120 Å². The molecular weight excluding hydrogens is 812 g/mol. The van der Waals surface area contributed by atoms with Crippen molar-refractivity contribution in [3.8, 4) is 11.5 Å². The van der Waals surface area contributed by atoms with Crippen molar-refractivity contribution in [2.75, 3.05) is 76.1 Å². The van der Waals surface area contributed by atoms with Gasteiger partial charge in [-0.2, -0.15) is 0 Å². The van der Waals surface area contributed by atoms with E-state index in [1.807, 2.05) is 5.32 Å². The first-order valence-electron chi connectivity index (χ1n) is 22.8. The number of likely N-dealkylation sites (tertiary alicyclic amines) is 1. The summed E-state index contributed by atoms with van der Waals surface area (Å²) in [6, 6.07) is 5.76. The number of amides is 4. The van der Waals surface area contributed by atoms with Gasteiger partial charge >= 0.3 is 0 Å². The Balaban J connectivity index is 0.935. The second-order valence-corrected chi connectivity index (χ2v) is 14.8. The van der Waals surface area contributed by atoms with Crippen LogP contribution in [0.4, 0.5) is 34.8 Å². The van der Waals surface area contributed by atoms with E-state index in [0.717, 1.165) is 0 Å². The van der Waals surface area contributed by atoms with Crippen molar-refractivity contribution in [1.82, 2.24) is 30.0 Å². The number of nitrogens with one attached hydrogen (secondary N) is 2. The van der Waals surface area contributed by atoms with Gasteiger partial charge in [0.05, 0.1) is 40.9 Å². The minimum atomic E-state index is -3.89. The molecule has 8 rings (SSSR count). The largest absolute Gasteiger partial charge is 0.493 e. The summed E-state index contributed by atoms with van der Waals surface area (Å²) in [5.74, 6) is -12.1. The summed E-state index contributed by atoms with van der Waals surface area (Å²) in [6.07, 6.45) is 1.70. The molecule has 4 aromatic rings. The summed E-state index contributed by atoms with van der Waals surface area (Å²) in [7, 11) is 1.47. The molecule has 1 atom stereocenters. The van der Waals surface area contributed by atoms with Crippen LogP contribution < -0.4 is 25.0 Å². The monoisotopic (exact) mass is 860 g/mol. The number of benzene rings is 3. The quantitative estimate of drug-likeness (QED) is 0.0825. The molecule has 0 spiro atoms. The zero-order chi connectivity index (χ0) is 49.4. The average molecular weight is 861 g/mol. The first kappa shape index (κ1) is 32.2. The number of hydrogen-bond donors (Lipinski definition) is 2. The molecule has 4 amide bonds. The number of piperazine rings is 1. The molecule has 0 bridgehead atoms. The third-order valence-corrected chi connectivity index (χ3v) is 10.9. The predicted octanol–water partition coefficient (Wildman–Crippen LogP) is 5.30. The van der Waals surface area contributed by atoms with Crippen LogP contribution in [0.1, 0.15) is 63.8 Å². The number of piperidine rings is 2. The van der Waals surface area contributed by atoms with Crippen LogP contribution in [0.5, 0.6) is 11.5 Å². The van der Waals surface area contributed by atoms with Gasteiger partial charge in [0.1, 0.15) is 29.7 Å². The number of anilines is 3. The number of carbonyl (C=O) groups is 4. The number of aromatic nitrogens is 2. The zero-order valence-corrected chi connectivity index (χ0v) is 32.5. The van der Waals surface area contributed by atoms with Gasteiger partial charge in [-0.05, 0) is 69.0 Å². The van der Waals surface area contributed by atoms with Gasteiger partial charge in [0.2, 0.25) is 11.8 Å². The van der Waals surface area contributed by atoms with E-state index in [0.29, 0.717) is 77.7 Å². The Morgan fingerprint density at radius 3 is 2.33 bits per heavy atom. The highest BCUT2D eigenvalue weighted by Gasteiger charge is 2.49. The van der Waals surface area contributed by atoms with Crippen LogP contribution in [-0.2, 0) is 9.59 Å². The lowest BCUT2D eigenvalue weighted by atomic mass is 9.95. The molecule has 4 aliphatic rings. The Labute approximate surface area is 358 Å². The van der Waals surface area contributed by atoms with Gasteiger partial charge < -0.3 is 24.6 Å². The lowest BCUT2D eigenvalue weighted by Gasteiger charge is -2.39. The molecule has 2 N–H and O–H groups in total. The van der Waals surface area contributed by atoms with Crippen molar-refractivity contribution in [2.45, 2.75) is 38.1 Å². The van der Waals surface area contributed by atoms with Crippen molar-refractivity contribution in [3.63, 3.8) is 0 Å². The van der Waals surface area contributed by atoms with Gasteiger partial charge in [-0.25, -0.2) is 27.5 Å². The fraction of sp³-hybridized carbons (Fsp3) is 0.415. The number of nitrogens with zero attached hydrogens (tertiary/aromatic N) is 6. The first-order valence-corrected chi connectivity index (χ1v) is 19.2. The fourth-order valence-corrected chi connectivity index (χ4v) is 7.72. The zero-order valence-electron chi connectivity index (χ0n) is 39.7. The second-order valence-electron chi connectivity index (χ2n) is 14.4. The predicted molar refractivity (Wildman–Crippen MR) is 212 cm³/mol. The van der Waals surface area contributed by atoms with Crippen molar-refractivity contribution < 1.29 is 57.2 Å². The van der Waals surface area contributed by atoms with Crippen molar-refractivity contribution in [2.24, 2.45) is 5.92 Å². The molecule has 60 heavy (non-hydrogen) atoms. The van der Waals surface area contributed by atoms with E-state index in [9.17, 15) is 23.6 Å². The molecule has 14 nitrogen and oxygen atoms in total. The first-order chi connectivity index (χ1) is 31.9. The fourth-order valence-electron chi connectivity index (χ4n) is 7.54. The van der Waals surface area contributed by atoms with Crippen molar-refractivity contribution in [3.05, 3.63) is 76.1 Å². The van der Waals surface area contributed by atoms with Crippen LogP contribution >= 0.6 is 11.6 Å². The van der Waals surface area contributed by atoms with E-state index in [1.165, 1.54) is 31.6 Å². The summed E-state index contributed by atoms with van der Waals surface area (Å²) in [4.78, 5) is 61.5. The highest BCUT2D eigenvalue weighted by molar-refractivity contribution is 6.31. The molecule has 19 heteroatoms. The van der Waals surface area contributed by atoms with E-state index >= 15 is 13.2 Å². The minimum absolute atomic E-state index is 0.0753. The number of imide groups is 2. The Hall–Kier alpha value is -5.59. The maximum Gasteiger partial charge on any atom is 0.265 e. The normalized spacial score (nSPS) is 24.6. The highest BCUT2D eigenvalue weighted by Crippen LogP contribution is 2.39. The number of hydrogen-bond acceptors (Lipinski definition) is 12. The maximum absolute atomic E-state index is 16.6. The van der Waals surface area contributed by atoms with Gasteiger partial charge in [0.15, 0.2) is 29.0 Å². The number of halogens is 5. The lowest BCUT2D eigenvalue weighted by Crippen LogP contribution is -2.54. The molecule has 4 aliphatic heterocycles. The Morgan fingerprint density at radius 2 is 1.63 bits per heavy atom. The van der Waals surface area contributed by atoms with Crippen molar-refractivity contribution >= 4 is 63.3 Å². The standard InChI is InChI=1S/C41H41ClF4N8O6/c1-59-29-19-27-24(38(48-21-47-27)49-23-3-4-26(43)25(42)17-23)18-30(29)60-16-2-9-51-10-7-22(8-11-51)20-52-12-14-53(15-13-52)37-35(45)33-32(34(44)36(37)46)40(57)54(41(33)58)28-5-6-31(55)50-39(28)56/h3-4,17-19,21-22,28H,2,5-16,20H2,1H3,(H,47,48,49)(H,50,55,56)/i12D2,13D2,14D2,15D2.